The van der Waals surface area contributed by atoms with E-state index >= 15 is 0 Å². The zero-order valence-electron chi connectivity index (χ0n) is 15.4. The number of hydrogen-bond donors (Lipinski definition) is 0. The normalized spacial score (nSPS) is 11.0. The van der Waals surface area contributed by atoms with Gasteiger partial charge in [0.05, 0.1) is 0 Å². The minimum Gasteiger partial charge on any atom is -0.205 e. The second-order valence-corrected chi connectivity index (χ2v) is 6.71. The molecule has 0 radical (unpaired) electrons. The molecule has 22 heavy (non-hydrogen) atoms. The highest BCUT2D eigenvalue weighted by Gasteiger charge is 2.09. The SMILES string of the molecule is CCCCCC[n+]1ccc(CCCCC)c(CCCCC)c1. The number of pyridine rings is 1. The third kappa shape index (κ3) is 7.96. The van der Waals surface area contributed by atoms with E-state index in [9.17, 15) is 0 Å². The van der Waals surface area contributed by atoms with Crippen molar-refractivity contribution >= 4 is 0 Å². The molecule has 0 aliphatic carbocycles. The molecule has 1 aromatic heterocycles. The molecular weight excluding hydrogens is 266 g/mol. The summed E-state index contributed by atoms with van der Waals surface area (Å²) in [4.78, 5) is 0. The number of nitrogens with zero attached hydrogens (tertiary/aromatic N) is 1. The fourth-order valence-corrected chi connectivity index (χ4v) is 3.08. The maximum Gasteiger partial charge on any atom is 0.172 e. The lowest BCUT2D eigenvalue weighted by Crippen LogP contribution is -2.33. The van der Waals surface area contributed by atoms with Crippen LogP contribution in [0, 0.1) is 0 Å². The molecule has 0 atom stereocenters. The van der Waals surface area contributed by atoms with E-state index in [2.05, 4.69) is 43.8 Å². The second-order valence-electron chi connectivity index (χ2n) is 6.71. The molecule has 0 aliphatic rings. The van der Waals surface area contributed by atoms with Gasteiger partial charge in [-0.2, -0.15) is 0 Å². The molecular formula is C21H38N+. The van der Waals surface area contributed by atoms with Gasteiger partial charge in [0.2, 0.25) is 0 Å². The molecule has 0 N–H and O–H groups in total. The van der Waals surface area contributed by atoms with Gasteiger partial charge in [0.15, 0.2) is 12.4 Å². The van der Waals surface area contributed by atoms with E-state index in [0.717, 1.165) is 0 Å². The summed E-state index contributed by atoms with van der Waals surface area (Å²) >= 11 is 0. The largest absolute Gasteiger partial charge is 0.205 e. The predicted octanol–water partition coefficient (Wildman–Crippen LogP) is 6.02. The van der Waals surface area contributed by atoms with Crippen molar-refractivity contribution in [3.05, 3.63) is 29.6 Å². The zero-order chi connectivity index (χ0) is 16.0. The van der Waals surface area contributed by atoms with Gasteiger partial charge in [-0.3, -0.25) is 0 Å². The van der Waals surface area contributed by atoms with Crippen LogP contribution in [-0.2, 0) is 19.4 Å². The molecule has 0 bridgehead atoms. The topological polar surface area (TPSA) is 3.88 Å². The van der Waals surface area contributed by atoms with E-state index in [1.165, 1.54) is 83.6 Å². The van der Waals surface area contributed by atoms with Gasteiger partial charge in [-0.15, -0.1) is 0 Å². The first-order valence-corrected chi connectivity index (χ1v) is 9.82. The molecule has 0 fully saturated rings. The van der Waals surface area contributed by atoms with Crippen molar-refractivity contribution in [2.75, 3.05) is 0 Å². The Kier molecular flexibility index (Phi) is 11.1. The van der Waals surface area contributed by atoms with Gasteiger partial charge in [0, 0.05) is 18.1 Å². The first-order chi connectivity index (χ1) is 10.8. The second kappa shape index (κ2) is 12.7. The first-order valence-electron chi connectivity index (χ1n) is 9.82. The number of hydrogen-bond acceptors (Lipinski definition) is 0. The van der Waals surface area contributed by atoms with E-state index in [1.54, 1.807) is 11.1 Å². The maximum atomic E-state index is 2.45. The monoisotopic (exact) mass is 304 g/mol. The Bertz CT molecular complexity index is 383. The number of unbranched alkanes of at least 4 members (excludes halogenated alkanes) is 7. The maximum absolute atomic E-state index is 2.45. The van der Waals surface area contributed by atoms with Crippen molar-refractivity contribution < 1.29 is 4.57 Å². The summed E-state index contributed by atoms with van der Waals surface area (Å²) in [5.74, 6) is 0. The lowest BCUT2D eigenvalue weighted by Gasteiger charge is -2.09. The lowest BCUT2D eigenvalue weighted by atomic mass is 9.99. The van der Waals surface area contributed by atoms with E-state index in [1.807, 2.05) is 0 Å². The highest BCUT2D eigenvalue weighted by atomic mass is 14.9. The van der Waals surface area contributed by atoms with Crippen LogP contribution in [-0.4, -0.2) is 0 Å². The van der Waals surface area contributed by atoms with Crippen LogP contribution >= 0.6 is 0 Å². The smallest absolute Gasteiger partial charge is 0.172 e. The van der Waals surface area contributed by atoms with Gasteiger partial charge in [-0.25, -0.2) is 4.57 Å². The molecule has 0 saturated carbocycles. The van der Waals surface area contributed by atoms with Gasteiger partial charge in [-0.05, 0) is 37.7 Å². The van der Waals surface area contributed by atoms with Crippen LogP contribution in [0.2, 0.25) is 0 Å². The van der Waals surface area contributed by atoms with Crippen molar-refractivity contribution in [3.63, 3.8) is 0 Å². The van der Waals surface area contributed by atoms with E-state index < -0.39 is 0 Å². The molecule has 126 valence electrons. The molecule has 1 rings (SSSR count). The predicted molar refractivity (Wildman–Crippen MR) is 97.2 cm³/mol. The first kappa shape index (κ1) is 19.2. The molecule has 1 nitrogen and oxygen atoms in total. The van der Waals surface area contributed by atoms with Crippen molar-refractivity contribution in [1.82, 2.24) is 0 Å². The van der Waals surface area contributed by atoms with E-state index in [0.29, 0.717) is 0 Å². The summed E-state index contributed by atoms with van der Waals surface area (Å²) in [6.45, 7) is 8.05. The van der Waals surface area contributed by atoms with Crippen molar-refractivity contribution in [1.29, 1.82) is 0 Å². The van der Waals surface area contributed by atoms with Gasteiger partial charge < -0.3 is 0 Å². The average Bonchev–Trinajstić information content (AvgIpc) is 2.54. The number of aryl methyl sites for hydroxylation is 3. The molecule has 0 aromatic carbocycles. The number of aromatic nitrogens is 1. The van der Waals surface area contributed by atoms with Crippen LogP contribution in [0.25, 0.3) is 0 Å². The summed E-state index contributed by atoms with van der Waals surface area (Å²) in [7, 11) is 0. The minimum atomic E-state index is 1.19. The molecule has 0 saturated heterocycles. The van der Waals surface area contributed by atoms with Gasteiger partial charge in [0.1, 0.15) is 6.54 Å². The Morgan fingerprint density at radius 2 is 1.27 bits per heavy atom. The molecule has 1 aromatic rings. The third-order valence-corrected chi connectivity index (χ3v) is 4.57. The van der Waals surface area contributed by atoms with Gasteiger partial charge >= 0.3 is 0 Å². The summed E-state index contributed by atoms with van der Waals surface area (Å²) in [5, 5.41) is 0. The fraction of sp³-hybridized carbons (Fsp3) is 0.762. The Balaban J connectivity index is 2.61. The molecule has 0 amide bonds. The fourth-order valence-electron chi connectivity index (χ4n) is 3.08. The third-order valence-electron chi connectivity index (χ3n) is 4.57. The van der Waals surface area contributed by atoms with Crippen molar-refractivity contribution in [2.24, 2.45) is 0 Å². The molecule has 0 unspecified atom stereocenters. The molecule has 0 aliphatic heterocycles. The summed E-state index contributed by atoms with van der Waals surface area (Å²) in [6, 6.07) is 2.40. The highest BCUT2D eigenvalue weighted by molar-refractivity contribution is 5.21. The van der Waals surface area contributed by atoms with E-state index in [4.69, 9.17) is 0 Å². The van der Waals surface area contributed by atoms with Crippen molar-refractivity contribution in [3.8, 4) is 0 Å². The van der Waals surface area contributed by atoms with Crippen LogP contribution in [0.3, 0.4) is 0 Å². The summed E-state index contributed by atoms with van der Waals surface area (Å²) in [6.07, 6.45) is 20.7. The van der Waals surface area contributed by atoms with Crippen LogP contribution in [0.4, 0.5) is 0 Å². The summed E-state index contributed by atoms with van der Waals surface area (Å²) < 4.78 is 2.43. The Labute approximate surface area is 139 Å². The van der Waals surface area contributed by atoms with Crippen molar-refractivity contribution in [2.45, 2.75) is 104 Å². The van der Waals surface area contributed by atoms with Crippen LogP contribution in [0.15, 0.2) is 18.5 Å². The molecule has 1 heteroatoms. The Hall–Kier alpha value is -0.850. The minimum absolute atomic E-state index is 1.19. The van der Waals surface area contributed by atoms with Gasteiger partial charge in [0.25, 0.3) is 0 Å². The van der Waals surface area contributed by atoms with Crippen LogP contribution < -0.4 is 4.57 Å². The summed E-state index contributed by atoms with van der Waals surface area (Å²) in [5.41, 5.74) is 3.22. The van der Waals surface area contributed by atoms with E-state index in [-0.39, 0.29) is 0 Å². The zero-order valence-corrected chi connectivity index (χ0v) is 15.4. The quantitative estimate of drug-likeness (QED) is 0.310. The Morgan fingerprint density at radius 3 is 1.91 bits per heavy atom. The number of rotatable bonds is 13. The van der Waals surface area contributed by atoms with Crippen LogP contribution in [0.5, 0.6) is 0 Å². The highest BCUT2D eigenvalue weighted by Crippen LogP contribution is 2.14. The van der Waals surface area contributed by atoms with Gasteiger partial charge in [-0.1, -0.05) is 59.3 Å². The Morgan fingerprint density at radius 1 is 0.682 bits per heavy atom. The lowest BCUT2D eigenvalue weighted by molar-refractivity contribution is -0.697. The molecule has 1 heterocycles. The standard InChI is InChI=1S/C21H38N/c1-4-7-10-13-17-22-18-16-20(14-11-8-5-2)21(19-22)15-12-9-6-3/h16,18-19H,4-15,17H2,1-3H3/q+1. The average molecular weight is 305 g/mol. The molecule has 0 spiro atoms. The van der Waals surface area contributed by atoms with Crippen LogP contribution in [0.1, 0.15) is 96.1 Å².